The van der Waals surface area contributed by atoms with Crippen LogP contribution < -0.4 is 0 Å². The summed E-state index contributed by atoms with van der Waals surface area (Å²) < 4.78 is 1.62. The molecule has 2 aromatic rings. The highest BCUT2D eigenvalue weighted by Crippen LogP contribution is 2.15. The molecule has 134 valence electrons. The van der Waals surface area contributed by atoms with Crippen molar-refractivity contribution < 1.29 is 14.7 Å². The molecule has 1 heterocycles. The van der Waals surface area contributed by atoms with Gasteiger partial charge in [0, 0.05) is 13.1 Å². The number of rotatable bonds is 7. The van der Waals surface area contributed by atoms with Crippen LogP contribution in [-0.4, -0.2) is 50.0 Å². The molecule has 1 aromatic carbocycles. The first kappa shape index (κ1) is 18.6. The number of hydrogen-bond acceptors (Lipinski definition) is 4. The van der Waals surface area contributed by atoms with Crippen molar-refractivity contribution in [2.45, 2.75) is 34.1 Å². The summed E-state index contributed by atoms with van der Waals surface area (Å²) in [7, 11) is 0. The third-order valence-electron chi connectivity index (χ3n) is 3.84. The lowest BCUT2D eigenvalue weighted by atomic mass is 10.2. The first-order valence-corrected chi connectivity index (χ1v) is 8.30. The van der Waals surface area contributed by atoms with Gasteiger partial charge >= 0.3 is 5.97 Å². The lowest BCUT2D eigenvalue weighted by molar-refractivity contribution is -0.137. The lowest BCUT2D eigenvalue weighted by Crippen LogP contribution is -2.36. The van der Waals surface area contributed by atoms with Crippen molar-refractivity contribution in [2.24, 2.45) is 5.92 Å². The number of aliphatic carboxylic acids is 1. The second-order valence-electron chi connectivity index (χ2n) is 6.56. The number of amides is 1. The van der Waals surface area contributed by atoms with E-state index >= 15 is 0 Å². The Labute approximate surface area is 147 Å². The van der Waals surface area contributed by atoms with Gasteiger partial charge in [0.05, 0.1) is 17.8 Å². The SMILES string of the molecule is Cc1ccc(-n2nnc(C(=O)N(CCC(=O)O)CC(C)C)c2C)cc1. The summed E-state index contributed by atoms with van der Waals surface area (Å²) in [4.78, 5) is 25.2. The molecule has 0 saturated carbocycles. The Kier molecular flexibility index (Phi) is 5.90. The van der Waals surface area contributed by atoms with Crippen LogP contribution in [-0.2, 0) is 4.79 Å². The van der Waals surface area contributed by atoms with Crippen LogP contribution >= 0.6 is 0 Å². The summed E-state index contributed by atoms with van der Waals surface area (Å²) in [5.41, 5.74) is 2.86. The third kappa shape index (κ3) is 4.65. The molecule has 0 aliphatic heterocycles. The van der Waals surface area contributed by atoms with Gasteiger partial charge in [-0.25, -0.2) is 4.68 Å². The highest BCUT2D eigenvalue weighted by atomic mass is 16.4. The number of carboxylic acids is 1. The van der Waals surface area contributed by atoms with Crippen molar-refractivity contribution in [3.63, 3.8) is 0 Å². The second-order valence-corrected chi connectivity index (χ2v) is 6.56. The maximum atomic E-state index is 12.8. The van der Waals surface area contributed by atoms with E-state index in [1.807, 2.05) is 45.0 Å². The molecule has 0 radical (unpaired) electrons. The molecule has 0 unspecified atom stereocenters. The zero-order valence-corrected chi connectivity index (χ0v) is 15.1. The predicted molar refractivity (Wildman–Crippen MR) is 93.8 cm³/mol. The van der Waals surface area contributed by atoms with Crippen molar-refractivity contribution in [1.29, 1.82) is 0 Å². The van der Waals surface area contributed by atoms with Crippen LogP contribution in [0.25, 0.3) is 5.69 Å². The number of benzene rings is 1. The zero-order chi connectivity index (χ0) is 18.6. The van der Waals surface area contributed by atoms with Gasteiger partial charge in [0.15, 0.2) is 5.69 Å². The number of carboxylic acid groups (broad SMARTS) is 1. The topological polar surface area (TPSA) is 88.3 Å². The molecule has 7 nitrogen and oxygen atoms in total. The van der Waals surface area contributed by atoms with Crippen LogP contribution in [0.4, 0.5) is 0 Å². The number of nitrogens with zero attached hydrogens (tertiary/aromatic N) is 4. The molecule has 0 aliphatic rings. The number of carbonyl (C=O) groups excluding carboxylic acids is 1. The fourth-order valence-corrected chi connectivity index (χ4v) is 2.55. The van der Waals surface area contributed by atoms with Crippen molar-refractivity contribution in [1.82, 2.24) is 19.9 Å². The summed E-state index contributed by atoms with van der Waals surface area (Å²) in [5, 5.41) is 17.0. The van der Waals surface area contributed by atoms with Crippen LogP contribution in [0.2, 0.25) is 0 Å². The van der Waals surface area contributed by atoms with Gasteiger partial charge in [-0.3, -0.25) is 9.59 Å². The minimum Gasteiger partial charge on any atom is -0.481 e. The van der Waals surface area contributed by atoms with E-state index in [0.29, 0.717) is 12.2 Å². The molecule has 0 spiro atoms. The number of carbonyl (C=O) groups is 2. The zero-order valence-electron chi connectivity index (χ0n) is 15.1. The molecule has 7 heteroatoms. The van der Waals surface area contributed by atoms with Gasteiger partial charge in [-0.2, -0.15) is 0 Å². The van der Waals surface area contributed by atoms with E-state index in [-0.39, 0.29) is 30.5 Å². The van der Waals surface area contributed by atoms with E-state index in [9.17, 15) is 9.59 Å². The summed E-state index contributed by atoms with van der Waals surface area (Å²) in [5.74, 6) is -0.988. The minimum absolute atomic E-state index is 0.0936. The van der Waals surface area contributed by atoms with Gasteiger partial charge in [0.25, 0.3) is 5.91 Å². The first-order valence-electron chi connectivity index (χ1n) is 8.30. The fraction of sp³-hybridized carbons (Fsp3) is 0.444. The van der Waals surface area contributed by atoms with E-state index in [1.165, 1.54) is 4.90 Å². The van der Waals surface area contributed by atoms with E-state index < -0.39 is 5.97 Å². The smallest absolute Gasteiger partial charge is 0.305 e. The maximum Gasteiger partial charge on any atom is 0.305 e. The molecular weight excluding hydrogens is 320 g/mol. The first-order chi connectivity index (χ1) is 11.8. The van der Waals surface area contributed by atoms with Gasteiger partial charge < -0.3 is 10.0 Å². The summed E-state index contributed by atoms with van der Waals surface area (Å²) >= 11 is 0. The molecule has 0 atom stereocenters. The quantitative estimate of drug-likeness (QED) is 0.833. The molecule has 2 rings (SSSR count). The highest BCUT2D eigenvalue weighted by Gasteiger charge is 2.24. The standard InChI is InChI=1S/C18H24N4O3/c1-12(2)11-21(10-9-16(23)24)18(25)17-14(4)22(20-19-17)15-7-5-13(3)6-8-15/h5-8,12H,9-11H2,1-4H3,(H,23,24). The summed E-state index contributed by atoms with van der Waals surface area (Å²) in [6.07, 6.45) is -0.0936. The summed E-state index contributed by atoms with van der Waals surface area (Å²) in [6, 6.07) is 7.77. The van der Waals surface area contributed by atoms with Gasteiger partial charge in [-0.1, -0.05) is 36.8 Å². The maximum absolute atomic E-state index is 12.8. The van der Waals surface area contributed by atoms with Gasteiger partial charge in [-0.15, -0.1) is 5.10 Å². The second kappa shape index (κ2) is 7.92. The third-order valence-corrected chi connectivity index (χ3v) is 3.84. The molecule has 1 N–H and O–H groups in total. The van der Waals surface area contributed by atoms with E-state index in [1.54, 1.807) is 11.6 Å². The van der Waals surface area contributed by atoms with Crippen LogP contribution in [0.1, 0.15) is 42.0 Å². The summed E-state index contributed by atoms with van der Waals surface area (Å²) in [6.45, 7) is 8.39. The molecule has 1 amide bonds. The van der Waals surface area contributed by atoms with Crippen molar-refractivity contribution in [2.75, 3.05) is 13.1 Å². The Hall–Kier alpha value is -2.70. The van der Waals surface area contributed by atoms with Gasteiger partial charge in [0.2, 0.25) is 0 Å². The Balaban J connectivity index is 2.27. The average Bonchev–Trinajstić information content (AvgIpc) is 2.92. The lowest BCUT2D eigenvalue weighted by Gasteiger charge is -2.23. The van der Waals surface area contributed by atoms with Crippen molar-refractivity contribution in [3.05, 3.63) is 41.2 Å². The van der Waals surface area contributed by atoms with Gasteiger partial charge in [-0.05, 0) is 31.9 Å². The van der Waals surface area contributed by atoms with E-state index in [4.69, 9.17) is 5.11 Å². The largest absolute Gasteiger partial charge is 0.481 e. The minimum atomic E-state index is -0.929. The molecule has 0 saturated heterocycles. The molecule has 0 bridgehead atoms. The normalized spacial score (nSPS) is 10.9. The Morgan fingerprint density at radius 2 is 1.84 bits per heavy atom. The molecule has 25 heavy (non-hydrogen) atoms. The van der Waals surface area contributed by atoms with Crippen LogP contribution in [0, 0.1) is 19.8 Å². The van der Waals surface area contributed by atoms with Crippen molar-refractivity contribution >= 4 is 11.9 Å². The Morgan fingerprint density at radius 1 is 1.20 bits per heavy atom. The average molecular weight is 344 g/mol. The predicted octanol–water partition coefficient (Wildman–Crippen LogP) is 2.46. The molecule has 0 fully saturated rings. The molecule has 1 aromatic heterocycles. The Bertz CT molecular complexity index is 750. The van der Waals surface area contributed by atoms with Crippen LogP contribution in [0.3, 0.4) is 0 Å². The van der Waals surface area contributed by atoms with Crippen LogP contribution in [0.5, 0.6) is 0 Å². The molecule has 0 aliphatic carbocycles. The van der Waals surface area contributed by atoms with E-state index in [2.05, 4.69) is 10.3 Å². The van der Waals surface area contributed by atoms with Gasteiger partial charge in [0.1, 0.15) is 0 Å². The number of aryl methyl sites for hydroxylation is 1. The number of hydrogen-bond donors (Lipinski definition) is 1. The number of aromatic nitrogens is 3. The monoisotopic (exact) mass is 344 g/mol. The highest BCUT2D eigenvalue weighted by molar-refractivity contribution is 5.93. The van der Waals surface area contributed by atoms with Crippen molar-refractivity contribution in [3.8, 4) is 5.69 Å². The Morgan fingerprint density at radius 3 is 2.40 bits per heavy atom. The molecular formula is C18H24N4O3. The van der Waals surface area contributed by atoms with Crippen LogP contribution in [0.15, 0.2) is 24.3 Å². The van der Waals surface area contributed by atoms with E-state index in [0.717, 1.165) is 11.3 Å². The fourth-order valence-electron chi connectivity index (χ4n) is 2.55.